The van der Waals surface area contributed by atoms with E-state index in [-0.39, 0.29) is 11.9 Å². The maximum Gasteiger partial charge on any atom is 0.271 e. The van der Waals surface area contributed by atoms with Crippen LogP contribution in [0.2, 0.25) is 0 Å². The molecule has 0 aliphatic heterocycles. The fraction of sp³-hybridized carbons (Fsp3) is 0.125. The molecule has 2 heterocycles. The van der Waals surface area contributed by atoms with Crippen LogP contribution in [0.25, 0.3) is 11.0 Å². The number of furan rings is 1. The van der Waals surface area contributed by atoms with Crippen molar-refractivity contribution in [3.63, 3.8) is 0 Å². The molecule has 0 spiro atoms. The van der Waals surface area contributed by atoms with Crippen molar-refractivity contribution in [1.29, 1.82) is 0 Å². The highest BCUT2D eigenvalue weighted by atomic mass is 79.9. The van der Waals surface area contributed by atoms with Crippen LogP contribution >= 0.6 is 15.9 Å². The number of fused-ring (bicyclic) bond motifs is 1. The van der Waals surface area contributed by atoms with Gasteiger partial charge in [0.05, 0.1) is 6.04 Å². The Kier molecular flexibility index (Phi) is 3.75. The minimum Gasteiger partial charge on any atom is -0.459 e. The van der Waals surface area contributed by atoms with Gasteiger partial charge in [-0.1, -0.05) is 18.2 Å². The number of halogens is 1. The van der Waals surface area contributed by atoms with Gasteiger partial charge >= 0.3 is 0 Å². The standard InChI is InChI=1S/C16H13BrN2O2/c1-10(14-9-11-5-2-3-7-13(11)21-14)19-16(20)15-12(17)6-4-8-18-15/h2-10H,1H3,(H,19,20). The summed E-state index contributed by atoms with van der Waals surface area (Å²) in [6.07, 6.45) is 1.59. The van der Waals surface area contributed by atoms with Crippen LogP contribution in [-0.2, 0) is 0 Å². The van der Waals surface area contributed by atoms with Crippen LogP contribution in [0.4, 0.5) is 0 Å². The zero-order chi connectivity index (χ0) is 14.8. The van der Waals surface area contributed by atoms with Crippen LogP contribution in [-0.4, -0.2) is 10.9 Å². The molecule has 1 amide bonds. The lowest BCUT2D eigenvalue weighted by atomic mass is 10.2. The third-order valence-electron chi connectivity index (χ3n) is 3.19. The molecule has 1 atom stereocenters. The zero-order valence-electron chi connectivity index (χ0n) is 11.3. The molecule has 0 radical (unpaired) electrons. The van der Waals surface area contributed by atoms with Crippen molar-refractivity contribution in [3.8, 4) is 0 Å². The smallest absolute Gasteiger partial charge is 0.271 e. The SMILES string of the molecule is CC(NC(=O)c1ncccc1Br)c1cc2ccccc2o1. The van der Waals surface area contributed by atoms with E-state index in [0.29, 0.717) is 10.2 Å². The van der Waals surface area contributed by atoms with Gasteiger partial charge in [-0.05, 0) is 47.1 Å². The molecule has 1 unspecified atom stereocenters. The fourth-order valence-electron chi connectivity index (χ4n) is 2.10. The predicted molar refractivity (Wildman–Crippen MR) is 84.0 cm³/mol. The van der Waals surface area contributed by atoms with E-state index in [0.717, 1.165) is 16.7 Å². The molecule has 4 nitrogen and oxygen atoms in total. The highest BCUT2D eigenvalue weighted by molar-refractivity contribution is 9.10. The molecule has 3 aromatic rings. The fourth-order valence-corrected chi connectivity index (χ4v) is 2.54. The molecule has 5 heteroatoms. The number of pyridine rings is 1. The second-order valence-electron chi connectivity index (χ2n) is 4.72. The first-order chi connectivity index (χ1) is 10.1. The molecular formula is C16H13BrN2O2. The van der Waals surface area contributed by atoms with Gasteiger partial charge in [-0.15, -0.1) is 0 Å². The van der Waals surface area contributed by atoms with Gasteiger partial charge in [0.15, 0.2) is 0 Å². The molecule has 21 heavy (non-hydrogen) atoms. The minimum atomic E-state index is -0.240. The van der Waals surface area contributed by atoms with Gasteiger partial charge in [0.2, 0.25) is 0 Å². The first-order valence-electron chi connectivity index (χ1n) is 6.55. The van der Waals surface area contributed by atoms with E-state index in [1.54, 1.807) is 18.3 Å². The quantitative estimate of drug-likeness (QED) is 0.778. The number of hydrogen-bond acceptors (Lipinski definition) is 3. The van der Waals surface area contributed by atoms with Crippen LogP contribution in [0, 0.1) is 0 Å². The maximum absolute atomic E-state index is 12.2. The molecule has 0 aliphatic carbocycles. The number of hydrogen-bond donors (Lipinski definition) is 1. The highest BCUT2D eigenvalue weighted by Gasteiger charge is 2.17. The number of para-hydroxylation sites is 1. The van der Waals surface area contributed by atoms with Crippen LogP contribution in [0.5, 0.6) is 0 Å². The van der Waals surface area contributed by atoms with Crippen molar-refractivity contribution >= 4 is 32.8 Å². The van der Waals surface area contributed by atoms with E-state index >= 15 is 0 Å². The summed E-state index contributed by atoms with van der Waals surface area (Å²) in [4.78, 5) is 16.3. The van der Waals surface area contributed by atoms with Crippen molar-refractivity contribution in [2.45, 2.75) is 13.0 Å². The van der Waals surface area contributed by atoms with Gasteiger partial charge in [0, 0.05) is 16.1 Å². The Bertz CT molecular complexity index is 765. The van der Waals surface area contributed by atoms with Crippen LogP contribution in [0.1, 0.15) is 29.2 Å². The molecule has 106 valence electrons. The Balaban J connectivity index is 1.81. The Morgan fingerprint density at radius 1 is 1.29 bits per heavy atom. The van der Waals surface area contributed by atoms with Gasteiger partial charge in [0.25, 0.3) is 5.91 Å². The normalized spacial score (nSPS) is 12.3. The molecule has 3 rings (SSSR count). The third kappa shape index (κ3) is 2.83. The average Bonchev–Trinajstić information content (AvgIpc) is 2.91. The van der Waals surface area contributed by atoms with E-state index in [1.807, 2.05) is 37.3 Å². The third-order valence-corrected chi connectivity index (χ3v) is 3.83. The van der Waals surface area contributed by atoms with Crippen molar-refractivity contribution in [3.05, 3.63) is 64.6 Å². The Hall–Kier alpha value is -2.14. The summed E-state index contributed by atoms with van der Waals surface area (Å²) < 4.78 is 6.42. The zero-order valence-corrected chi connectivity index (χ0v) is 12.9. The van der Waals surface area contributed by atoms with Crippen LogP contribution in [0.15, 0.2) is 57.6 Å². The number of nitrogens with zero attached hydrogens (tertiary/aromatic N) is 1. The summed E-state index contributed by atoms with van der Waals surface area (Å²) in [5.74, 6) is 0.479. The Labute approximate surface area is 130 Å². The summed E-state index contributed by atoms with van der Waals surface area (Å²) in [5.41, 5.74) is 1.17. The van der Waals surface area contributed by atoms with Crippen molar-refractivity contribution < 1.29 is 9.21 Å². The van der Waals surface area contributed by atoms with E-state index in [9.17, 15) is 4.79 Å². The summed E-state index contributed by atoms with van der Waals surface area (Å²) >= 11 is 3.32. The minimum absolute atomic E-state index is 0.237. The predicted octanol–water partition coefficient (Wildman–Crippen LogP) is 4.08. The highest BCUT2D eigenvalue weighted by Crippen LogP contribution is 2.24. The first-order valence-corrected chi connectivity index (χ1v) is 7.34. The molecular weight excluding hydrogens is 332 g/mol. The summed E-state index contributed by atoms with van der Waals surface area (Å²) in [7, 11) is 0. The topological polar surface area (TPSA) is 55.1 Å². The molecule has 2 aromatic heterocycles. The molecule has 0 fully saturated rings. The Morgan fingerprint density at radius 3 is 2.86 bits per heavy atom. The van der Waals surface area contributed by atoms with E-state index < -0.39 is 0 Å². The molecule has 1 aromatic carbocycles. The number of carbonyl (C=O) groups is 1. The lowest BCUT2D eigenvalue weighted by Gasteiger charge is -2.11. The van der Waals surface area contributed by atoms with E-state index in [1.165, 1.54) is 0 Å². The van der Waals surface area contributed by atoms with Gasteiger partial charge in [-0.25, -0.2) is 4.98 Å². The van der Waals surface area contributed by atoms with Crippen molar-refractivity contribution in [2.75, 3.05) is 0 Å². The number of rotatable bonds is 3. The largest absolute Gasteiger partial charge is 0.459 e. The number of amides is 1. The van der Waals surface area contributed by atoms with Gasteiger partial charge in [-0.3, -0.25) is 4.79 Å². The van der Waals surface area contributed by atoms with E-state index in [4.69, 9.17) is 4.42 Å². The number of carbonyl (C=O) groups excluding carboxylic acids is 1. The van der Waals surface area contributed by atoms with Gasteiger partial charge in [-0.2, -0.15) is 0 Å². The second kappa shape index (κ2) is 5.69. The van der Waals surface area contributed by atoms with Crippen LogP contribution in [0.3, 0.4) is 0 Å². The van der Waals surface area contributed by atoms with Gasteiger partial charge in [0.1, 0.15) is 17.0 Å². The second-order valence-corrected chi connectivity index (χ2v) is 5.57. The number of benzene rings is 1. The number of nitrogens with one attached hydrogen (secondary N) is 1. The molecule has 0 aliphatic rings. The number of aromatic nitrogens is 1. The molecule has 0 bridgehead atoms. The maximum atomic E-state index is 12.2. The van der Waals surface area contributed by atoms with Gasteiger partial charge < -0.3 is 9.73 Å². The molecule has 1 N–H and O–H groups in total. The summed E-state index contributed by atoms with van der Waals surface area (Å²) in [6.45, 7) is 1.88. The van der Waals surface area contributed by atoms with E-state index in [2.05, 4.69) is 26.2 Å². The Morgan fingerprint density at radius 2 is 2.10 bits per heavy atom. The lowest BCUT2D eigenvalue weighted by molar-refractivity contribution is 0.0930. The summed E-state index contributed by atoms with van der Waals surface area (Å²) in [5, 5.41) is 3.91. The van der Waals surface area contributed by atoms with Crippen molar-refractivity contribution in [1.82, 2.24) is 10.3 Å². The molecule has 0 saturated heterocycles. The lowest BCUT2D eigenvalue weighted by Crippen LogP contribution is -2.27. The molecule has 0 saturated carbocycles. The summed E-state index contributed by atoms with van der Waals surface area (Å²) in [6, 6.07) is 13.0. The monoisotopic (exact) mass is 344 g/mol. The average molecular weight is 345 g/mol. The van der Waals surface area contributed by atoms with Crippen molar-refractivity contribution in [2.24, 2.45) is 0 Å². The first kappa shape index (κ1) is 13.8. The van der Waals surface area contributed by atoms with Crippen LogP contribution < -0.4 is 5.32 Å².